The Labute approximate surface area is 151 Å². The lowest BCUT2D eigenvalue weighted by atomic mass is 9.90. The van der Waals surface area contributed by atoms with Crippen molar-refractivity contribution in [3.8, 4) is 0 Å². The highest BCUT2D eigenvalue weighted by Crippen LogP contribution is 2.36. The van der Waals surface area contributed by atoms with E-state index in [0.717, 1.165) is 17.9 Å². The number of rotatable bonds is 3. The smallest absolute Gasteiger partial charge is 0.127 e. The number of aryl methyl sites for hydroxylation is 2. The Morgan fingerprint density at radius 2 is 1.76 bits per heavy atom. The maximum Gasteiger partial charge on any atom is 0.127 e. The lowest BCUT2D eigenvalue weighted by Gasteiger charge is -2.37. The van der Waals surface area contributed by atoms with Gasteiger partial charge < -0.3 is 9.64 Å². The van der Waals surface area contributed by atoms with Crippen molar-refractivity contribution in [1.82, 2.24) is 0 Å². The van der Waals surface area contributed by atoms with Gasteiger partial charge >= 0.3 is 0 Å². The Hall–Kier alpha value is -2.22. The molecular weight excluding hydrogens is 306 g/mol. The first-order valence-electron chi connectivity index (χ1n) is 9.60. The van der Waals surface area contributed by atoms with E-state index in [1.165, 1.54) is 66.7 Å². The third-order valence-corrected chi connectivity index (χ3v) is 5.19. The second-order valence-corrected chi connectivity index (χ2v) is 7.23. The van der Waals surface area contributed by atoms with Crippen molar-refractivity contribution in [1.29, 1.82) is 0 Å². The van der Waals surface area contributed by atoms with Crippen LogP contribution < -0.4 is 4.90 Å². The second kappa shape index (κ2) is 6.95. The van der Waals surface area contributed by atoms with Crippen molar-refractivity contribution in [2.75, 3.05) is 18.0 Å². The number of allylic oxidation sites excluding steroid dienone is 6. The summed E-state index contributed by atoms with van der Waals surface area (Å²) < 4.78 is 5.87. The van der Waals surface area contributed by atoms with Crippen molar-refractivity contribution in [3.63, 3.8) is 0 Å². The topological polar surface area (TPSA) is 12.5 Å². The SMILES string of the molecule is CCC=C1C=C(C)OC(C=Cc2cc3c4c(c2)CCCN4CCC3)=C1. The van der Waals surface area contributed by atoms with E-state index in [1.807, 2.05) is 6.92 Å². The van der Waals surface area contributed by atoms with Gasteiger partial charge in [0.25, 0.3) is 0 Å². The molecule has 0 saturated carbocycles. The first kappa shape index (κ1) is 16.3. The standard InChI is InChI=1S/C23H27NO/c1-3-6-18-13-17(2)25-22(16-18)10-9-19-14-20-7-4-11-24-12-5-8-21(15-19)23(20)24/h6,9-10,13-16H,3-5,7-8,11-12H2,1-2H3. The number of hydrogen-bond acceptors (Lipinski definition) is 2. The molecule has 1 aromatic carbocycles. The van der Waals surface area contributed by atoms with Gasteiger partial charge in [0.1, 0.15) is 11.5 Å². The zero-order valence-electron chi connectivity index (χ0n) is 15.3. The van der Waals surface area contributed by atoms with Crippen molar-refractivity contribution < 1.29 is 4.74 Å². The molecule has 2 nitrogen and oxygen atoms in total. The van der Waals surface area contributed by atoms with Crippen molar-refractivity contribution in [2.45, 2.75) is 46.0 Å². The summed E-state index contributed by atoms with van der Waals surface area (Å²) in [6.45, 7) is 6.64. The van der Waals surface area contributed by atoms with Crippen LogP contribution in [-0.2, 0) is 17.6 Å². The summed E-state index contributed by atoms with van der Waals surface area (Å²) in [7, 11) is 0. The van der Waals surface area contributed by atoms with E-state index < -0.39 is 0 Å². The van der Waals surface area contributed by atoms with Crippen molar-refractivity contribution in [2.24, 2.45) is 0 Å². The van der Waals surface area contributed by atoms with Crippen LogP contribution >= 0.6 is 0 Å². The van der Waals surface area contributed by atoms with Gasteiger partial charge in [-0.2, -0.15) is 0 Å². The zero-order chi connectivity index (χ0) is 17.2. The van der Waals surface area contributed by atoms with E-state index in [0.29, 0.717) is 0 Å². The average molecular weight is 333 g/mol. The maximum absolute atomic E-state index is 5.87. The predicted octanol–water partition coefficient (Wildman–Crippen LogP) is 5.55. The fourth-order valence-corrected chi connectivity index (χ4v) is 4.23. The number of nitrogens with zero attached hydrogens (tertiary/aromatic N) is 1. The number of benzene rings is 1. The largest absolute Gasteiger partial charge is 0.462 e. The molecule has 1 aromatic rings. The molecule has 0 radical (unpaired) electrons. The van der Waals surface area contributed by atoms with Gasteiger partial charge in [0, 0.05) is 18.8 Å². The summed E-state index contributed by atoms with van der Waals surface area (Å²) in [5.74, 6) is 1.88. The molecule has 0 atom stereocenters. The predicted molar refractivity (Wildman–Crippen MR) is 106 cm³/mol. The lowest BCUT2D eigenvalue weighted by Crippen LogP contribution is -2.34. The van der Waals surface area contributed by atoms with Crippen LogP contribution in [0.4, 0.5) is 5.69 Å². The molecule has 3 aliphatic rings. The molecule has 0 unspecified atom stereocenters. The van der Waals surface area contributed by atoms with Gasteiger partial charge in [-0.15, -0.1) is 0 Å². The number of hydrogen-bond donors (Lipinski definition) is 0. The third-order valence-electron chi connectivity index (χ3n) is 5.19. The minimum absolute atomic E-state index is 0.924. The van der Waals surface area contributed by atoms with Crippen LogP contribution in [0, 0.1) is 0 Å². The van der Waals surface area contributed by atoms with E-state index >= 15 is 0 Å². The monoisotopic (exact) mass is 333 g/mol. The highest BCUT2D eigenvalue weighted by atomic mass is 16.5. The maximum atomic E-state index is 5.87. The highest BCUT2D eigenvalue weighted by molar-refractivity contribution is 5.68. The molecule has 130 valence electrons. The average Bonchev–Trinajstić information content (AvgIpc) is 2.60. The van der Waals surface area contributed by atoms with Crippen LogP contribution in [0.1, 0.15) is 49.8 Å². The van der Waals surface area contributed by atoms with E-state index in [1.54, 1.807) is 0 Å². The van der Waals surface area contributed by atoms with E-state index in [9.17, 15) is 0 Å². The van der Waals surface area contributed by atoms with Gasteiger partial charge in [-0.05, 0) is 91.7 Å². The molecule has 0 aliphatic carbocycles. The van der Waals surface area contributed by atoms with Crippen LogP contribution in [0.5, 0.6) is 0 Å². The van der Waals surface area contributed by atoms with Crippen LogP contribution in [0.3, 0.4) is 0 Å². The van der Waals surface area contributed by atoms with Crippen LogP contribution in [0.25, 0.3) is 6.08 Å². The van der Waals surface area contributed by atoms with Crippen molar-refractivity contribution >= 4 is 11.8 Å². The molecule has 0 bridgehead atoms. The summed E-state index contributed by atoms with van der Waals surface area (Å²) >= 11 is 0. The van der Waals surface area contributed by atoms with Crippen LogP contribution in [-0.4, -0.2) is 13.1 Å². The Morgan fingerprint density at radius 3 is 2.44 bits per heavy atom. The number of anilines is 1. The molecule has 4 rings (SSSR count). The molecule has 0 amide bonds. The zero-order valence-corrected chi connectivity index (χ0v) is 15.3. The Bertz CT molecular complexity index is 763. The first-order chi connectivity index (χ1) is 12.2. The molecule has 2 heteroatoms. The summed E-state index contributed by atoms with van der Waals surface area (Å²) in [6, 6.07) is 4.75. The van der Waals surface area contributed by atoms with E-state index in [-0.39, 0.29) is 0 Å². The van der Waals surface area contributed by atoms with Crippen LogP contribution in [0.15, 0.2) is 53.5 Å². The minimum Gasteiger partial charge on any atom is -0.462 e. The van der Waals surface area contributed by atoms with Crippen molar-refractivity contribution in [3.05, 3.63) is 70.2 Å². The normalized spacial score (nSPS) is 21.0. The molecule has 3 aliphatic heterocycles. The van der Waals surface area contributed by atoms with Crippen LogP contribution in [0.2, 0.25) is 0 Å². The lowest BCUT2D eigenvalue weighted by molar-refractivity contribution is 0.318. The van der Waals surface area contributed by atoms with Gasteiger partial charge in [0.2, 0.25) is 0 Å². The van der Waals surface area contributed by atoms with Gasteiger partial charge in [0.05, 0.1) is 0 Å². The number of ether oxygens (including phenoxy) is 1. The summed E-state index contributed by atoms with van der Waals surface area (Å²) in [4.78, 5) is 2.59. The fraction of sp³-hybridized carbons (Fsp3) is 0.391. The molecule has 0 fully saturated rings. The molecule has 3 heterocycles. The van der Waals surface area contributed by atoms with E-state index in [2.05, 4.69) is 54.3 Å². The summed E-state index contributed by atoms with van der Waals surface area (Å²) in [5, 5.41) is 0. The quantitative estimate of drug-likeness (QED) is 0.719. The fourth-order valence-electron chi connectivity index (χ4n) is 4.23. The van der Waals surface area contributed by atoms with Gasteiger partial charge in [0.15, 0.2) is 0 Å². The summed E-state index contributed by atoms with van der Waals surface area (Å²) in [5.41, 5.74) is 7.14. The Morgan fingerprint density at radius 1 is 1.04 bits per heavy atom. The Balaban J connectivity index is 1.61. The molecular formula is C23H27NO. The minimum atomic E-state index is 0.924. The Kier molecular flexibility index (Phi) is 4.52. The third kappa shape index (κ3) is 3.44. The summed E-state index contributed by atoms with van der Waals surface area (Å²) in [6.07, 6.45) is 16.8. The van der Waals surface area contributed by atoms with E-state index in [4.69, 9.17) is 4.74 Å². The van der Waals surface area contributed by atoms with Gasteiger partial charge in [-0.1, -0.05) is 19.1 Å². The molecule has 25 heavy (non-hydrogen) atoms. The second-order valence-electron chi connectivity index (χ2n) is 7.23. The first-order valence-corrected chi connectivity index (χ1v) is 9.60. The highest BCUT2D eigenvalue weighted by Gasteiger charge is 2.23. The van der Waals surface area contributed by atoms with Gasteiger partial charge in [-0.3, -0.25) is 0 Å². The molecule has 0 aromatic heterocycles. The molecule has 0 saturated heterocycles. The molecule has 0 spiro atoms. The molecule has 0 N–H and O–H groups in total. The van der Waals surface area contributed by atoms with Gasteiger partial charge in [-0.25, -0.2) is 0 Å².